The van der Waals surface area contributed by atoms with E-state index in [0.717, 1.165) is 18.2 Å². The van der Waals surface area contributed by atoms with Gasteiger partial charge in [-0.2, -0.15) is 4.80 Å². The summed E-state index contributed by atoms with van der Waals surface area (Å²) in [6.07, 6.45) is 0.203. The molecule has 0 aliphatic heterocycles. The maximum atomic E-state index is 13.4. The van der Waals surface area contributed by atoms with Crippen LogP contribution in [0.25, 0.3) is 0 Å². The Balaban J connectivity index is 2.19. The Hall–Kier alpha value is -1.89. The summed E-state index contributed by atoms with van der Waals surface area (Å²) in [4.78, 5) is 1.28. The molecular weight excluding hydrogens is 228 g/mol. The number of nitrogens with zero attached hydrogens (tertiary/aromatic N) is 4. The van der Waals surface area contributed by atoms with Crippen LogP contribution in [0.3, 0.4) is 0 Å². The fourth-order valence-electron chi connectivity index (χ4n) is 1.51. The van der Waals surface area contributed by atoms with Gasteiger partial charge in [0.15, 0.2) is 5.82 Å². The van der Waals surface area contributed by atoms with E-state index in [1.54, 1.807) is 7.05 Å². The van der Waals surface area contributed by atoms with Gasteiger partial charge in [-0.3, -0.25) is 0 Å². The van der Waals surface area contributed by atoms with Crippen LogP contribution in [0.5, 0.6) is 0 Å². The molecule has 1 aromatic carbocycles. The minimum Gasteiger partial charge on any atom is -0.323 e. The molecule has 0 aliphatic carbocycles. The summed E-state index contributed by atoms with van der Waals surface area (Å²) < 4.78 is 26.4. The lowest BCUT2D eigenvalue weighted by Gasteiger charge is -2.10. The summed E-state index contributed by atoms with van der Waals surface area (Å²) in [7, 11) is 1.62. The molecule has 7 heteroatoms. The highest BCUT2D eigenvalue weighted by Gasteiger charge is 2.15. The minimum absolute atomic E-state index is 0.109. The van der Waals surface area contributed by atoms with Crippen molar-refractivity contribution in [2.75, 3.05) is 0 Å². The normalized spacial score (nSPS) is 12.7. The van der Waals surface area contributed by atoms with Crippen LogP contribution < -0.4 is 5.73 Å². The largest absolute Gasteiger partial charge is 0.323 e. The first-order valence-electron chi connectivity index (χ1n) is 4.99. The van der Waals surface area contributed by atoms with Gasteiger partial charge in [0.05, 0.1) is 7.05 Å². The number of halogens is 2. The smallest absolute Gasteiger partial charge is 0.176 e. The molecule has 0 amide bonds. The number of hydrogen-bond donors (Lipinski definition) is 1. The van der Waals surface area contributed by atoms with E-state index < -0.39 is 17.7 Å². The van der Waals surface area contributed by atoms with Crippen molar-refractivity contribution in [2.45, 2.75) is 12.5 Å². The molecular formula is C10H11F2N5. The number of tetrazole rings is 1. The van der Waals surface area contributed by atoms with Crippen molar-refractivity contribution in [3.63, 3.8) is 0 Å². The molecule has 0 spiro atoms. The van der Waals surface area contributed by atoms with Crippen molar-refractivity contribution >= 4 is 0 Å². The third kappa shape index (κ3) is 2.62. The molecule has 1 unspecified atom stereocenters. The van der Waals surface area contributed by atoms with Crippen LogP contribution in [0.2, 0.25) is 0 Å². The van der Waals surface area contributed by atoms with Gasteiger partial charge in [-0.15, -0.1) is 10.2 Å². The summed E-state index contributed by atoms with van der Waals surface area (Å²) in [6, 6.07) is 2.48. The molecule has 1 heterocycles. The van der Waals surface area contributed by atoms with Gasteiger partial charge in [-0.1, -0.05) is 0 Å². The SMILES string of the molecule is Cn1nnc(CC(N)c2cc(F)ccc2F)n1. The molecule has 2 aromatic rings. The maximum Gasteiger partial charge on any atom is 0.176 e. The molecule has 90 valence electrons. The highest BCUT2D eigenvalue weighted by molar-refractivity contribution is 5.22. The van der Waals surface area contributed by atoms with Gasteiger partial charge in [-0.25, -0.2) is 8.78 Å². The molecule has 2 N–H and O–H groups in total. The maximum absolute atomic E-state index is 13.4. The Kier molecular flexibility index (Phi) is 3.10. The fourth-order valence-corrected chi connectivity index (χ4v) is 1.51. The van der Waals surface area contributed by atoms with Gasteiger partial charge < -0.3 is 5.73 Å². The molecule has 0 bridgehead atoms. The molecule has 0 fully saturated rings. The Morgan fingerprint density at radius 2 is 2.18 bits per heavy atom. The predicted octanol–water partition coefficient (Wildman–Crippen LogP) is 0.731. The van der Waals surface area contributed by atoms with Gasteiger partial charge in [0.1, 0.15) is 11.6 Å². The topological polar surface area (TPSA) is 69.6 Å². The predicted molar refractivity (Wildman–Crippen MR) is 55.8 cm³/mol. The number of benzene rings is 1. The summed E-state index contributed by atoms with van der Waals surface area (Å²) in [5, 5.41) is 11.3. The first-order valence-corrected chi connectivity index (χ1v) is 4.99. The summed E-state index contributed by atoms with van der Waals surface area (Å²) in [5.41, 5.74) is 5.89. The summed E-state index contributed by atoms with van der Waals surface area (Å²) >= 11 is 0. The number of nitrogens with two attached hydrogens (primary N) is 1. The second-order valence-electron chi connectivity index (χ2n) is 3.67. The van der Waals surface area contributed by atoms with Gasteiger partial charge in [0.25, 0.3) is 0 Å². The van der Waals surface area contributed by atoms with Crippen LogP contribution in [-0.4, -0.2) is 20.2 Å². The van der Waals surface area contributed by atoms with Crippen molar-refractivity contribution in [2.24, 2.45) is 12.8 Å². The van der Waals surface area contributed by atoms with Crippen molar-refractivity contribution in [1.29, 1.82) is 0 Å². The zero-order valence-electron chi connectivity index (χ0n) is 9.14. The Bertz CT molecular complexity index is 525. The molecule has 0 saturated carbocycles. The third-order valence-electron chi connectivity index (χ3n) is 2.31. The fraction of sp³-hybridized carbons (Fsp3) is 0.300. The number of aromatic nitrogens is 4. The van der Waals surface area contributed by atoms with Gasteiger partial charge in [-0.05, 0) is 23.4 Å². The van der Waals surface area contributed by atoms with E-state index in [1.807, 2.05) is 0 Å². The first kappa shape index (κ1) is 11.6. The monoisotopic (exact) mass is 239 g/mol. The second-order valence-corrected chi connectivity index (χ2v) is 3.67. The van der Waals surface area contributed by atoms with Crippen LogP contribution in [-0.2, 0) is 13.5 Å². The number of rotatable bonds is 3. The van der Waals surface area contributed by atoms with E-state index in [1.165, 1.54) is 4.80 Å². The van der Waals surface area contributed by atoms with Gasteiger partial charge in [0, 0.05) is 18.0 Å². The molecule has 1 atom stereocenters. The standard InChI is InChI=1S/C10H11F2N5/c1-17-15-10(14-16-17)5-9(13)7-4-6(11)2-3-8(7)12/h2-4,9H,5,13H2,1H3. The van der Waals surface area contributed by atoms with E-state index in [-0.39, 0.29) is 12.0 Å². The molecule has 17 heavy (non-hydrogen) atoms. The van der Waals surface area contributed by atoms with Crippen LogP contribution in [0.4, 0.5) is 8.78 Å². The average Bonchev–Trinajstić information content (AvgIpc) is 2.67. The Morgan fingerprint density at radius 3 is 2.82 bits per heavy atom. The van der Waals surface area contributed by atoms with Crippen molar-refractivity contribution in [3.8, 4) is 0 Å². The molecule has 0 saturated heterocycles. The Labute approximate surface area is 96.2 Å². The van der Waals surface area contributed by atoms with Crippen molar-refractivity contribution < 1.29 is 8.78 Å². The van der Waals surface area contributed by atoms with Crippen LogP contribution in [0, 0.1) is 11.6 Å². The molecule has 0 aliphatic rings. The van der Waals surface area contributed by atoms with E-state index in [9.17, 15) is 8.78 Å². The van der Waals surface area contributed by atoms with Crippen LogP contribution >= 0.6 is 0 Å². The zero-order valence-corrected chi connectivity index (χ0v) is 9.14. The second kappa shape index (κ2) is 4.54. The summed E-state index contributed by atoms with van der Waals surface area (Å²) in [5.74, 6) is -0.671. The minimum atomic E-state index is -0.699. The molecule has 0 radical (unpaired) electrons. The lowest BCUT2D eigenvalue weighted by Crippen LogP contribution is -2.16. The van der Waals surface area contributed by atoms with Crippen LogP contribution in [0.1, 0.15) is 17.4 Å². The molecule has 1 aromatic heterocycles. The zero-order chi connectivity index (χ0) is 12.4. The third-order valence-corrected chi connectivity index (χ3v) is 2.31. The van der Waals surface area contributed by atoms with Gasteiger partial charge in [0.2, 0.25) is 0 Å². The van der Waals surface area contributed by atoms with E-state index >= 15 is 0 Å². The first-order chi connectivity index (χ1) is 8.06. The van der Waals surface area contributed by atoms with E-state index in [2.05, 4.69) is 15.4 Å². The highest BCUT2D eigenvalue weighted by atomic mass is 19.1. The van der Waals surface area contributed by atoms with E-state index in [0.29, 0.717) is 5.82 Å². The van der Waals surface area contributed by atoms with Crippen molar-refractivity contribution in [3.05, 3.63) is 41.2 Å². The molecule has 5 nitrogen and oxygen atoms in total. The van der Waals surface area contributed by atoms with Crippen molar-refractivity contribution in [1.82, 2.24) is 20.2 Å². The number of aryl methyl sites for hydroxylation is 1. The van der Waals surface area contributed by atoms with Gasteiger partial charge >= 0.3 is 0 Å². The highest BCUT2D eigenvalue weighted by Crippen LogP contribution is 2.18. The van der Waals surface area contributed by atoms with E-state index in [4.69, 9.17) is 5.73 Å². The average molecular weight is 239 g/mol. The number of hydrogen-bond acceptors (Lipinski definition) is 4. The quantitative estimate of drug-likeness (QED) is 0.857. The lowest BCUT2D eigenvalue weighted by atomic mass is 10.0. The van der Waals surface area contributed by atoms with Crippen LogP contribution in [0.15, 0.2) is 18.2 Å². The Morgan fingerprint density at radius 1 is 1.41 bits per heavy atom. The summed E-state index contributed by atoms with van der Waals surface area (Å²) in [6.45, 7) is 0. The lowest BCUT2D eigenvalue weighted by molar-refractivity contribution is 0.556. The molecule has 2 rings (SSSR count).